The summed E-state index contributed by atoms with van der Waals surface area (Å²) in [5.74, 6) is 2.67. The third-order valence-electron chi connectivity index (χ3n) is 10.9. The minimum absolute atomic E-state index is 0.0565. The molecule has 0 spiro atoms. The molecule has 0 radical (unpaired) electrons. The van der Waals surface area contributed by atoms with Crippen molar-refractivity contribution in [1.82, 2.24) is 0 Å². The van der Waals surface area contributed by atoms with Gasteiger partial charge in [0.1, 0.15) is 23.0 Å². The van der Waals surface area contributed by atoms with Crippen LogP contribution in [0.1, 0.15) is 75.5 Å². The number of allylic oxidation sites excluding steroid dienone is 16. The van der Waals surface area contributed by atoms with Gasteiger partial charge >= 0.3 is 0 Å². The Morgan fingerprint density at radius 3 is 2.43 bits per heavy atom. The van der Waals surface area contributed by atoms with Gasteiger partial charge in [-0.25, -0.2) is 0 Å². The van der Waals surface area contributed by atoms with Crippen molar-refractivity contribution in [3.8, 4) is 0 Å². The Kier molecular flexibility index (Phi) is 6.28. The van der Waals surface area contributed by atoms with E-state index in [4.69, 9.17) is 14.6 Å². The fourth-order valence-corrected chi connectivity index (χ4v) is 8.64. The van der Waals surface area contributed by atoms with Gasteiger partial charge in [-0.15, -0.1) is 0 Å². The molecule has 0 amide bonds. The van der Waals surface area contributed by atoms with Gasteiger partial charge in [0, 0.05) is 34.4 Å². The highest BCUT2D eigenvalue weighted by Crippen LogP contribution is 2.47. The molecule has 3 nitrogen and oxygen atoms in total. The van der Waals surface area contributed by atoms with Crippen molar-refractivity contribution >= 4 is 23.9 Å². The van der Waals surface area contributed by atoms with Gasteiger partial charge in [-0.3, -0.25) is 0 Å². The van der Waals surface area contributed by atoms with Gasteiger partial charge < -0.3 is 14.6 Å². The molecule has 0 saturated heterocycles. The summed E-state index contributed by atoms with van der Waals surface area (Å²) in [7, 11) is 0. The van der Waals surface area contributed by atoms with Crippen molar-refractivity contribution in [2.24, 2.45) is 11.8 Å². The maximum absolute atomic E-state index is 7.58. The Bertz CT molecular complexity index is 1940. The topological polar surface area (TPSA) is 46.2 Å². The van der Waals surface area contributed by atoms with Crippen molar-refractivity contribution in [2.45, 2.75) is 76.7 Å². The second kappa shape index (κ2) is 10.5. The second-order valence-corrected chi connectivity index (χ2v) is 13.4. The fraction of sp³-hybridized carbons (Fsp3) is 0.341. The van der Waals surface area contributed by atoms with Crippen LogP contribution in [0.4, 0.5) is 0 Å². The Labute approximate surface area is 259 Å². The van der Waals surface area contributed by atoms with E-state index in [1.54, 1.807) is 6.21 Å². The molecule has 0 aromatic carbocycles. The average molecular weight is 578 g/mol. The van der Waals surface area contributed by atoms with Crippen molar-refractivity contribution in [1.29, 1.82) is 5.41 Å². The minimum Gasteiger partial charge on any atom is -0.485 e. The lowest BCUT2D eigenvalue weighted by Crippen LogP contribution is -2.39. The standard InChI is InChI=1S/C41H39NO2/c42-24-25-12-14-26(15-13-25)27-6-5-7-28(20-27)29-16-17-31-22-32(19-18-30(31)21-29)39-40-34-9-2-4-11-37(34)43-38(40)23-35-33-8-1-3-10-36(33)44-41(35)39/h3-4,6,10-12,14-15,20-25,35,41-42H,1-2,5,7-9,13,16-19H2. The highest BCUT2D eigenvalue weighted by molar-refractivity contribution is 5.77. The van der Waals surface area contributed by atoms with Gasteiger partial charge in [0.25, 0.3) is 0 Å². The molecule has 7 aliphatic carbocycles. The van der Waals surface area contributed by atoms with E-state index in [2.05, 4.69) is 72.9 Å². The zero-order valence-corrected chi connectivity index (χ0v) is 25.3. The Hall–Kier alpha value is -4.11. The van der Waals surface area contributed by atoms with Crippen molar-refractivity contribution < 1.29 is 9.15 Å². The Morgan fingerprint density at radius 2 is 1.57 bits per heavy atom. The number of hydrogen-bond acceptors (Lipinski definition) is 3. The lowest BCUT2D eigenvalue weighted by molar-refractivity contribution is 0.183. The van der Waals surface area contributed by atoms with E-state index in [1.807, 2.05) is 0 Å². The maximum atomic E-state index is 7.58. The van der Waals surface area contributed by atoms with Crippen LogP contribution in [-0.2, 0) is 11.2 Å². The summed E-state index contributed by atoms with van der Waals surface area (Å²) in [6.07, 6.45) is 41.3. The predicted octanol–water partition coefficient (Wildman–Crippen LogP) is 8.34. The van der Waals surface area contributed by atoms with Gasteiger partial charge in [0.05, 0.1) is 0 Å². The van der Waals surface area contributed by atoms with Crippen LogP contribution >= 0.6 is 0 Å². The van der Waals surface area contributed by atoms with Gasteiger partial charge in [-0.2, -0.15) is 0 Å². The summed E-state index contributed by atoms with van der Waals surface area (Å²) >= 11 is 0. The first kappa shape index (κ1) is 26.3. The van der Waals surface area contributed by atoms with E-state index < -0.39 is 0 Å². The molecule has 44 heavy (non-hydrogen) atoms. The van der Waals surface area contributed by atoms with E-state index in [1.165, 1.54) is 60.9 Å². The number of fused-ring (bicyclic) bond motifs is 5. The van der Waals surface area contributed by atoms with Gasteiger partial charge in [0.2, 0.25) is 0 Å². The van der Waals surface area contributed by atoms with Crippen molar-refractivity contribution in [3.63, 3.8) is 0 Å². The van der Waals surface area contributed by atoms with Crippen LogP contribution < -0.4 is 10.6 Å². The second-order valence-electron chi connectivity index (χ2n) is 13.4. The minimum atomic E-state index is 0.0565. The number of nitrogens with one attached hydrogen (secondary N) is 1. The third-order valence-corrected chi connectivity index (χ3v) is 10.9. The maximum Gasteiger partial charge on any atom is 0.135 e. The van der Waals surface area contributed by atoms with E-state index in [9.17, 15) is 0 Å². The van der Waals surface area contributed by atoms with Crippen molar-refractivity contribution in [3.05, 3.63) is 133 Å². The van der Waals surface area contributed by atoms with Crippen LogP contribution in [0.5, 0.6) is 0 Å². The highest BCUT2D eigenvalue weighted by atomic mass is 16.5. The number of furan rings is 1. The average Bonchev–Trinajstić information content (AvgIpc) is 3.65. The molecule has 0 saturated carbocycles. The van der Waals surface area contributed by atoms with E-state index in [-0.39, 0.29) is 17.9 Å². The fourth-order valence-electron chi connectivity index (χ4n) is 8.64. The summed E-state index contributed by atoms with van der Waals surface area (Å²) in [4.78, 5) is 0. The quantitative estimate of drug-likeness (QED) is 0.366. The molecule has 9 rings (SSSR count). The lowest BCUT2D eigenvalue weighted by Gasteiger charge is -2.30. The number of ether oxygens (including phenoxy) is 1. The van der Waals surface area contributed by atoms with Crippen LogP contribution in [0.15, 0.2) is 116 Å². The number of hydrogen-bond donors (Lipinski definition) is 1. The van der Waals surface area contributed by atoms with E-state index in [0.717, 1.165) is 87.6 Å². The molecule has 3 atom stereocenters. The molecular formula is C41H39NO2. The summed E-state index contributed by atoms with van der Waals surface area (Å²) in [5, 5.41) is 8.91. The van der Waals surface area contributed by atoms with Crippen molar-refractivity contribution in [2.75, 3.05) is 0 Å². The molecule has 0 bridgehead atoms. The molecule has 1 N–H and O–H groups in total. The van der Waals surface area contributed by atoms with Crippen LogP contribution in [-0.4, -0.2) is 12.3 Å². The van der Waals surface area contributed by atoms with E-state index in [0.29, 0.717) is 0 Å². The molecule has 2 heterocycles. The Morgan fingerprint density at radius 1 is 0.750 bits per heavy atom. The summed E-state index contributed by atoms with van der Waals surface area (Å²) in [6, 6.07) is 0. The normalized spacial score (nSPS) is 28.3. The number of rotatable bonds is 4. The molecule has 0 fully saturated rings. The monoisotopic (exact) mass is 577 g/mol. The van der Waals surface area contributed by atoms with Gasteiger partial charge in [0.15, 0.2) is 0 Å². The molecule has 3 heteroatoms. The molecule has 1 aliphatic heterocycles. The van der Waals surface area contributed by atoms with Crippen LogP contribution in [0.25, 0.3) is 17.7 Å². The Balaban J connectivity index is 1.07. The smallest absolute Gasteiger partial charge is 0.135 e. The van der Waals surface area contributed by atoms with Crippen LogP contribution in [0.2, 0.25) is 0 Å². The summed E-state index contributed by atoms with van der Waals surface area (Å²) < 4.78 is 13.4. The van der Waals surface area contributed by atoms with Crippen LogP contribution in [0, 0.1) is 17.2 Å². The first-order valence-corrected chi connectivity index (χ1v) is 16.8. The molecule has 8 aliphatic rings. The summed E-state index contributed by atoms with van der Waals surface area (Å²) in [6.45, 7) is 0. The SMILES string of the molecule is N=CC1C=CC(C2=CCCC(C3=CC4=C(C=C(C5=c6c7c(oc6=CC6C8=C(C=CCC8)OC56)C=CCC7)CC4)CC3)=C2)=CC1. The predicted molar refractivity (Wildman–Crippen MR) is 178 cm³/mol. The molecule has 1 aromatic heterocycles. The van der Waals surface area contributed by atoms with E-state index >= 15 is 0 Å². The van der Waals surface area contributed by atoms with Crippen LogP contribution in [0.3, 0.4) is 0 Å². The molecule has 1 aromatic rings. The zero-order valence-electron chi connectivity index (χ0n) is 25.3. The van der Waals surface area contributed by atoms with Gasteiger partial charge in [-0.05, 0) is 133 Å². The summed E-state index contributed by atoms with van der Waals surface area (Å²) in [5.41, 5.74) is 15.5. The molecule has 3 unspecified atom stereocenters. The molecular weight excluding hydrogens is 538 g/mol. The van der Waals surface area contributed by atoms with Gasteiger partial charge in [-0.1, -0.05) is 54.7 Å². The lowest BCUT2D eigenvalue weighted by atomic mass is 9.75. The zero-order chi connectivity index (χ0) is 29.2. The molecule has 220 valence electrons. The largest absolute Gasteiger partial charge is 0.485 e. The third kappa shape index (κ3) is 4.27. The first-order chi connectivity index (χ1) is 21.7. The highest BCUT2D eigenvalue weighted by Gasteiger charge is 2.42. The first-order valence-electron chi connectivity index (χ1n) is 16.8.